The number of phenols is 1. The van der Waals surface area contributed by atoms with Gasteiger partial charge in [-0.15, -0.1) is 0 Å². The summed E-state index contributed by atoms with van der Waals surface area (Å²) in [7, 11) is 0. The first kappa shape index (κ1) is 13.7. The maximum atomic E-state index is 9.49. The van der Waals surface area contributed by atoms with Gasteiger partial charge in [-0.1, -0.05) is 6.07 Å². The van der Waals surface area contributed by atoms with Gasteiger partial charge in [-0.25, -0.2) is 4.98 Å². The van der Waals surface area contributed by atoms with Gasteiger partial charge in [0.25, 0.3) is 0 Å². The summed E-state index contributed by atoms with van der Waals surface area (Å²) in [5.74, 6) is 0.244. The van der Waals surface area contributed by atoms with Crippen molar-refractivity contribution in [3.8, 4) is 28.3 Å². The fourth-order valence-electron chi connectivity index (χ4n) is 2.99. The monoisotopic (exact) mass is 327 g/mol. The molecular formula is C19H13N5O. The van der Waals surface area contributed by atoms with Crippen molar-refractivity contribution < 1.29 is 5.11 Å². The number of nitrogens with zero attached hydrogens (tertiary/aromatic N) is 4. The third-order valence-electron chi connectivity index (χ3n) is 4.29. The van der Waals surface area contributed by atoms with E-state index in [2.05, 4.69) is 26.2 Å². The highest BCUT2D eigenvalue weighted by Gasteiger charge is 2.09. The minimum atomic E-state index is 0.244. The molecule has 25 heavy (non-hydrogen) atoms. The van der Waals surface area contributed by atoms with E-state index in [-0.39, 0.29) is 5.75 Å². The lowest BCUT2D eigenvalue weighted by atomic mass is 10.1. The van der Waals surface area contributed by atoms with Gasteiger partial charge in [-0.2, -0.15) is 5.10 Å². The normalized spacial score (nSPS) is 11.4. The Bertz CT molecular complexity index is 1200. The van der Waals surface area contributed by atoms with Crippen molar-refractivity contribution in [1.82, 2.24) is 24.6 Å². The first-order valence-electron chi connectivity index (χ1n) is 7.84. The summed E-state index contributed by atoms with van der Waals surface area (Å²) in [6.45, 7) is 0. The van der Waals surface area contributed by atoms with Crippen LogP contribution in [0.5, 0.6) is 5.75 Å². The Hall–Kier alpha value is -3.67. The third kappa shape index (κ3) is 2.23. The van der Waals surface area contributed by atoms with E-state index in [4.69, 9.17) is 0 Å². The molecule has 0 radical (unpaired) electrons. The van der Waals surface area contributed by atoms with Crippen LogP contribution < -0.4 is 0 Å². The highest BCUT2D eigenvalue weighted by Crippen LogP contribution is 2.26. The van der Waals surface area contributed by atoms with Gasteiger partial charge in [0.1, 0.15) is 5.75 Å². The molecule has 5 aromatic rings. The number of hydrogen-bond acceptors (Lipinski definition) is 4. The van der Waals surface area contributed by atoms with Gasteiger partial charge in [-0.05, 0) is 36.4 Å². The van der Waals surface area contributed by atoms with Crippen LogP contribution in [0.15, 0.2) is 67.3 Å². The summed E-state index contributed by atoms with van der Waals surface area (Å²) in [5.41, 5.74) is 5.57. The van der Waals surface area contributed by atoms with E-state index in [1.807, 2.05) is 41.1 Å². The number of nitrogens with one attached hydrogen (secondary N) is 1. The second-order valence-corrected chi connectivity index (χ2v) is 5.86. The zero-order chi connectivity index (χ0) is 16.8. The number of imidazole rings is 1. The molecule has 0 spiro atoms. The average molecular weight is 327 g/mol. The summed E-state index contributed by atoms with van der Waals surface area (Å²) in [4.78, 5) is 8.95. The van der Waals surface area contributed by atoms with Crippen molar-refractivity contribution in [3.05, 3.63) is 67.3 Å². The predicted octanol–water partition coefficient (Wildman–Crippen LogP) is 3.65. The Labute approximate surface area is 142 Å². The Morgan fingerprint density at radius 1 is 0.880 bits per heavy atom. The molecule has 2 N–H and O–H groups in total. The number of benzene rings is 2. The van der Waals surface area contributed by atoms with Crippen LogP contribution in [0.25, 0.3) is 39.1 Å². The quantitative estimate of drug-likeness (QED) is 0.519. The van der Waals surface area contributed by atoms with Crippen molar-refractivity contribution in [3.63, 3.8) is 0 Å². The van der Waals surface area contributed by atoms with Crippen LogP contribution in [-0.4, -0.2) is 29.7 Å². The van der Waals surface area contributed by atoms with Crippen molar-refractivity contribution in [1.29, 1.82) is 0 Å². The Kier molecular flexibility index (Phi) is 2.84. The molecule has 6 nitrogen and oxygen atoms in total. The summed E-state index contributed by atoms with van der Waals surface area (Å²) >= 11 is 0. The molecule has 0 saturated heterocycles. The van der Waals surface area contributed by atoms with Crippen LogP contribution in [-0.2, 0) is 0 Å². The van der Waals surface area contributed by atoms with E-state index in [1.54, 1.807) is 24.5 Å². The number of H-pyrrole nitrogens is 1. The zero-order valence-electron chi connectivity index (χ0n) is 13.1. The number of phenolic OH excluding ortho intramolecular Hbond substituents is 1. The average Bonchev–Trinajstić information content (AvgIpc) is 3.28. The summed E-state index contributed by atoms with van der Waals surface area (Å²) in [6, 6.07) is 13.2. The highest BCUT2D eigenvalue weighted by molar-refractivity contribution is 5.83. The third-order valence-corrected chi connectivity index (χ3v) is 4.29. The van der Waals surface area contributed by atoms with Crippen LogP contribution in [0, 0.1) is 0 Å². The zero-order valence-corrected chi connectivity index (χ0v) is 13.1. The van der Waals surface area contributed by atoms with E-state index < -0.39 is 0 Å². The Balaban J connectivity index is 1.67. The highest BCUT2D eigenvalue weighted by atomic mass is 16.3. The van der Waals surface area contributed by atoms with Gasteiger partial charge in [0, 0.05) is 22.7 Å². The topological polar surface area (TPSA) is 79.1 Å². The van der Waals surface area contributed by atoms with Gasteiger partial charge >= 0.3 is 0 Å². The number of rotatable bonds is 2. The van der Waals surface area contributed by atoms with Gasteiger partial charge in [0.15, 0.2) is 5.65 Å². The van der Waals surface area contributed by atoms with Crippen molar-refractivity contribution in [2.75, 3.05) is 0 Å². The molecule has 0 aliphatic rings. The predicted molar refractivity (Wildman–Crippen MR) is 95.2 cm³/mol. The van der Waals surface area contributed by atoms with Crippen molar-refractivity contribution >= 4 is 16.6 Å². The van der Waals surface area contributed by atoms with Crippen molar-refractivity contribution in [2.24, 2.45) is 0 Å². The largest absolute Gasteiger partial charge is 0.508 e. The Morgan fingerprint density at radius 2 is 1.72 bits per heavy atom. The summed E-state index contributed by atoms with van der Waals surface area (Å²) in [6.07, 6.45) is 7.35. The molecule has 3 aromatic heterocycles. The Morgan fingerprint density at radius 3 is 2.60 bits per heavy atom. The minimum Gasteiger partial charge on any atom is -0.508 e. The number of aromatic nitrogens is 5. The van der Waals surface area contributed by atoms with Gasteiger partial charge in [0.05, 0.1) is 35.5 Å². The van der Waals surface area contributed by atoms with Crippen LogP contribution in [0.3, 0.4) is 0 Å². The van der Waals surface area contributed by atoms with E-state index in [0.29, 0.717) is 0 Å². The maximum Gasteiger partial charge on any atom is 0.155 e. The molecule has 2 aromatic carbocycles. The smallest absolute Gasteiger partial charge is 0.155 e. The van der Waals surface area contributed by atoms with Gasteiger partial charge < -0.3 is 5.11 Å². The number of fused-ring (bicyclic) bond motifs is 2. The molecule has 0 fully saturated rings. The first-order chi connectivity index (χ1) is 12.3. The molecule has 0 aliphatic carbocycles. The first-order valence-corrected chi connectivity index (χ1v) is 7.84. The molecule has 0 atom stereocenters. The number of aromatic hydroxyl groups is 1. The molecule has 5 rings (SSSR count). The number of hydrogen-bond donors (Lipinski definition) is 2. The lowest BCUT2D eigenvalue weighted by molar-refractivity contribution is 0.475. The molecule has 0 bridgehead atoms. The van der Waals surface area contributed by atoms with Crippen LogP contribution in [0.2, 0.25) is 0 Å². The molecule has 0 amide bonds. The van der Waals surface area contributed by atoms with Crippen LogP contribution in [0.4, 0.5) is 0 Å². The van der Waals surface area contributed by atoms with E-state index in [1.165, 1.54) is 0 Å². The SMILES string of the molecule is Oc1ccc(-c2cnc3cnc(-c4ccc5[nH]ncc5c4)cn23)cc1. The van der Waals surface area contributed by atoms with E-state index in [9.17, 15) is 5.11 Å². The summed E-state index contributed by atoms with van der Waals surface area (Å²) < 4.78 is 2.01. The minimum absolute atomic E-state index is 0.244. The van der Waals surface area contributed by atoms with Crippen molar-refractivity contribution in [2.45, 2.75) is 0 Å². The van der Waals surface area contributed by atoms with E-state index >= 15 is 0 Å². The molecule has 6 heteroatoms. The standard InChI is InChI=1S/C19H13N5O/c25-15-4-1-12(2-5-15)18-9-21-19-10-20-17(11-24(18)19)13-3-6-16-14(7-13)8-22-23-16/h1-11,25H,(H,22,23). The van der Waals surface area contributed by atoms with Gasteiger partial charge in [-0.3, -0.25) is 14.5 Å². The van der Waals surface area contributed by atoms with Gasteiger partial charge in [0.2, 0.25) is 0 Å². The van der Waals surface area contributed by atoms with Crippen LogP contribution >= 0.6 is 0 Å². The lowest BCUT2D eigenvalue weighted by Crippen LogP contribution is -1.93. The lowest BCUT2D eigenvalue weighted by Gasteiger charge is -2.05. The number of aromatic amines is 1. The fraction of sp³-hybridized carbons (Fsp3) is 0. The summed E-state index contributed by atoms with van der Waals surface area (Å²) in [5, 5.41) is 17.5. The molecular weight excluding hydrogens is 314 g/mol. The molecule has 120 valence electrons. The molecule has 0 aliphatic heterocycles. The molecule has 0 saturated carbocycles. The molecule has 3 heterocycles. The fourth-order valence-corrected chi connectivity index (χ4v) is 2.99. The van der Waals surface area contributed by atoms with E-state index in [0.717, 1.165) is 39.1 Å². The maximum absolute atomic E-state index is 9.49. The second-order valence-electron chi connectivity index (χ2n) is 5.86. The molecule has 0 unspecified atom stereocenters. The van der Waals surface area contributed by atoms with Crippen LogP contribution in [0.1, 0.15) is 0 Å². The second kappa shape index (κ2) is 5.17.